The molecule has 0 aliphatic heterocycles. The maximum Gasteiger partial charge on any atom is 0.259 e. The summed E-state index contributed by atoms with van der Waals surface area (Å²) >= 11 is 3.37. The zero-order valence-electron chi connectivity index (χ0n) is 10.4. The Morgan fingerprint density at radius 2 is 1.94 bits per heavy atom. The summed E-state index contributed by atoms with van der Waals surface area (Å²) in [6, 6.07) is 2.77. The second-order valence-electron chi connectivity index (χ2n) is 4.23. The van der Waals surface area contributed by atoms with Crippen molar-refractivity contribution in [2.45, 2.75) is 20.8 Å². The number of halogens is 1. The maximum atomic E-state index is 12.0. The summed E-state index contributed by atoms with van der Waals surface area (Å²) in [4.78, 5) is 16.2. The monoisotopic (exact) mass is 308 g/mol. The van der Waals surface area contributed by atoms with Crippen LogP contribution in [0.15, 0.2) is 27.7 Å². The SMILES string of the molecule is Cc1cnc(Br)c(C)c1-n1c(C)cc(O)cc1=O. The van der Waals surface area contributed by atoms with Crippen molar-refractivity contribution >= 4 is 15.9 Å². The fourth-order valence-electron chi connectivity index (χ4n) is 2.02. The van der Waals surface area contributed by atoms with Crippen molar-refractivity contribution in [2.75, 3.05) is 0 Å². The van der Waals surface area contributed by atoms with E-state index < -0.39 is 0 Å². The first kappa shape index (κ1) is 12.8. The van der Waals surface area contributed by atoms with Crippen LogP contribution in [0.2, 0.25) is 0 Å². The predicted molar refractivity (Wildman–Crippen MR) is 73.4 cm³/mol. The van der Waals surface area contributed by atoms with Crippen LogP contribution in [0.4, 0.5) is 0 Å². The standard InChI is InChI=1S/C13H13BrN2O2/c1-7-6-15-13(14)9(3)12(7)16-8(2)4-10(17)5-11(16)18/h4-6,17H,1-3H3. The topological polar surface area (TPSA) is 55.1 Å². The Morgan fingerprint density at radius 3 is 2.56 bits per heavy atom. The van der Waals surface area contributed by atoms with Crippen molar-refractivity contribution in [3.63, 3.8) is 0 Å². The van der Waals surface area contributed by atoms with Crippen LogP contribution in [0.5, 0.6) is 5.75 Å². The zero-order valence-corrected chi connectivity index (χ0v) is 11.9. The van der Waals surface area contributed by atoms with E-state index in [1.165, 1.54) is 6.07 Å². The summed E-state index contributed by atoms with van der Waals surface area (Å²) in [5.74, 6) is -0.0165. The summed E-state index contributed by atoms with van der Waals surface area (Å²) in [6.07, 6.45) is 1.71. The van der Waals surface area contributed by atoms with E-state index in [2.05, 4.69) is 20.9 Å². The highest BCUT2D eigenvalue weighted by Gasteiger charge is 2.13. The van der Waals surface area contributed by atoms with Gasteiger partial charge in [-0.1, -0.05) is 0 Å². The van der Waals surface area contributed by atoms with Gasteiger partial charge < -0.3 is 5.11 Å². The third-order valence-electron chi connectivity index (χ3n) is 2.83. The molecule has 2 aromatic heterocycles. The minimum atomic E-state index is -0.253. The predicted octanol–water partition coefficient (Wildman–Crippen LogP) is 2.63. The molecule has 1 N–H and O–H groups in total. The Bertz CT molecular complexity index is 677. The van der Waals surface area contributed by atoms with Gasteiger partial charge in [-0.2, -0.15) is 0 Å². The fourth-order valence-corrected chi connectivity index (χ4v) is 2.31. The first-order valence-electron chi connectivity index (χ1n) is 5.46. The van der Waals surface area contributed by atoms with Crippen LogP contribution < -0.4 is 5.56 Å². The van der Waals surface area contributed by atoms with E-state index in [1.807, 2.05) is 13.8 Å². The number of pyridine rings is 2. The quantitative estimate of drug-likeness (QED) is 0.824. The number of nitrogens with zero attached hydrogens (tertiary/aromatic N) is 2. The molecule has 0 aliphatic rings. The van der Waals surface area contributed by atoms with Crippen LogP contribution in [0.3, 0.4) is 0 Å². The van der Waals surface area contributed by atoms with Gasteiger partial charge in [0.15, 0.2) is 0 Å². The summed E-state index contributed by atoms with van der Waals surface area (Å²) in [5.41, 5.74) is 3.04. The number of aryl methyl sites for hydroxylation is 2. The van der Waals surface area contributed by atoms with Crippen molar-refractivity contribution in [1.82, 2.24) is 9.55 Å². The summed E-state index contributed by atoms with van der Waals surface area (Å²) in [6.45, 7) is 5.59. The summed E-state index contributed by atoms with van der Waals surface area (Å²) < 4.78 is 2.29. The summed E-state index contributed by atoms with van der Waals surface area (Å²) in [7, 11) is 0. The summed E-state index contributed by atoms with van der Waals surface area (Å²) in [5, 5.41) is 9.42. The largest absolute Gasteiger partial charge is 0.508 e. The third kappa shape index (κ3) is 2.06. The Hall–Kier alpha value is -1.62. The van der Waals surface area contributed by atoms with Crippen molar-refractivity contribution in [3.8, 4) is 11.4 Å². The maximum absolute atomic E-state index is 12.0. The van der Waals surface area contributed by atoms with Crippen molar-refractivity contribution in [2.24, 2.45) is 0 Å². The Morgan fingerprint density at radius 1 is 1.28 bits per heavy atom. The Labute approximate surface area is 113 Å². The van der Waals surface area contributed by atoms with Crippen LogP contribution in [0, 0.1) is 20.8 Å². The van der Waals surface area contributed by atoms with Gasteiger partial charge >= 0.3 is 0 Å². The van der Waals surface area contributed by atoms with Gasteiger partial charge in [0.1, 0.15) is 10.4 Å². The third-order valence-corrected chi connectivity index (χ3v) is 3.63. The number of aromatic nitrogens is 2. The fraction of sp³-hybridized carbons (Fsp3) is 0.231. The molecular weight excluding hydrogens is 296 g/mol. The van der Waals surface area contributed by atoms with Gasteiger partial charge in [-0.25, -0.2) is 4.98 Å². The van der Waals surface area contributed by atoms with Crippen molar-refractivity contribution in [3.05, 3.63) is 50.1 Å². The number of rotatable bonds is 1. The molecule has 5 heteroatoms. The van der Waals surface area contributed by atoms with Gasteiger partial charge in [-0.05, 0) is 48.3 Å². The van der Waals surface area contributed by atoms with Crippen LogP contribution >= 0.6 is 15.9 Å². The van der Waals surface area contributed by atoms with Gasteiger partial charge in [0, 0.05) is 23.5 Å². The second kappa shape index (κ2) is 4.57. The van der Waals surface area contributed by atoms with Crippen LogP contribution in [-0.4, -0.2) is 14.7 Å². The Balaban J connectivity index is 2.86. The lowest BCUT2D eigenvalue weighted by Crippen LogP contribution is -2.21. The van der Waals surface area contributed by atoms with Crippen LogP contribution in [0.1, 0.15) is 16.8 Å². The molecule has 18 heavy (non-hydrogen) atoms. The lowest BCUT2D eigenvalue weighted by atomic mass is 10.1. The van der Waals surface area contributed by atoms with E-state index in [1.54, 1.807) is 23.8 Å². The van der Waals surface area contributed by atoms with Crippen LogP contribution in [0.25, 0.3) is 5.69 Å². The molecular formula is C13H13BrN2O2. The van der Waals surface area contributed by atoms with Gasteiger partial charge in [-0.3, -0.25) is 9.36 Å². The molecule has 94 valence electrons. The molecule has 0 spiro atoms. The molecule has 2 aromatic rings. The molecule has 2 heterocycles. The molecule has 2 rings (SSSR count). The van der Waals surface area contributed by atoms with E-state index in [4.69, 9.17) is 0 Å². The average molecular weight is 309 g/mol. The average Bonchev–Trinajstić information content (AvgIpc) is 2.27. The van der Waals surface area contributed by atoms with Gasteiger partial charge in [0.25, 0.3) is 5.56 Å². The highest BCUT2D eigenvalue weighted by molar-refractivity contribution is 9.10. The Kier molecular flexibility index (Phi) is 3.26. The highest BCUT2D eigenvalue weighted by atomic mass is 79.9. The molecule has 0 fully saturated rings. The van der Waals surface area contributed by atoms with Crippen molar-refractivity contribution < 1.29 is 5.11 Å². The lowest BCUT2D eigenvalue weighted by Gasteiger charge is -2.16. The molecule has 0 aliphatic carbocycles. The van der Waals surface area contributed by atoms with Gasteiger partial charge in [0.2, 0.25) is 0 Å². The minimum Gasteiger partial charge on any atom is -0.508 e. The molecule has 0 unspecified atom stereocenters. The molecule has 0 bridgehead atoms. The number of aromatic hydroxyl groups is 1. The molecule has 4 nitrogen and oxygen atoms in total. The van der Waals surface area contributed by atoms with Gasteiger partial charge in [-0.15, -0.1) is 0 Å². The molecule has 0 saturated carbocycles. The highest BCUT2D eigenvalue weighted by Crippen LogP contribution is 2.24. The zero-order chi connectivity index (χ0) is 13.4. The molecule has 0 radical (unpaired) electrons. The number of hydrogen-bond acceptors (Lipinski definition) is 3. The normalized spacial score (nSPS) is 10.7. The van der Waals surface area contributed by atoms with E-state index in [0.717, 1.165) is 16.8 Å². The van der Waals surface area contributed by atoms with E-state index in [0.29, 0.717) is 10.3 Å². The molecule has 0 aromatic carbocycles. The first-order valence-corrected chi connectivity index (χ1v) is 6.26. The second-order valence-corrected chi connectivity index (χ2v) is 4.99. The van der Waals surface area contributed by atoms with E-state index >= 15 is 0 Å². The first-order chi connectivity index (χ1) is 8.41. The van der Waals surface area contributed by atoms with E-state index in [-0.39, 0.29) is 11.3 Å². The lowest BCUT2D eigenvalue weighted by molar-refractivity contribution is 0.472. The molecule has 0 amide bonds. The van der Waals surface area contributed by atoms with Gasteiger partial charge in [0.05, 0.1) is 5.69 Å². The molecule has 0 saturated heterocycles. The molecule has 0 atom stereocenters. The smallest absolute Gasteiger partial charge is 0.259 e. The van der Waals surface area contributed by atoms with E-state index in [9.17, 15) is 9.90 Å². The van der Waals surface area contributed by atoms with Crippen LogP contribution in [-0.2, 0) is 0 Å². The van der Waals surface area contributed by atoms with Crippen molar-refractivity contribution in [1.29, 1.82) is 0 Å². The number of hydrogen-bond donors (Lipinski definition) is 1. The minimum absolute atomic E-state index is 0.0165.